The molecular weight excluding hydrogens is 191 g/mol. The third kappa shape index (κ3) is 1.10. The summed E-state index contributed by atoms with van der Waals surface area (Å²) in [5.41, 5.74) is 0.315. The summed E-state index contributed by atoms with van der Waals surface area (Å²) in [6.45, 7) is 0. The van der Waals surface area contributed by atoms with E-state index >= 15 is 0 Å². The van der Waals surface area contributed by atoms with Gasteiger partial charge in [-0.2, -0.15) is 0 Å². The summed E-state index contributed by atoms with van der Waals surface area (Å²) in [4.78, 5) is 10.6. The number of fused-ring (bicyclic) bond motifs is 1. The van der Waals surface area contributed by atoms with Crippen LogP contribution in [0.4, 0.5) is 4.39 Å². The Morgan fingerprint density at radius 3 is 2.92 bits per heavy atom. The van der Waals surface area contributed by atoms with Crippen LogP contribution >= 0.6 is 11.3 Å². The van der Waals surface area contributed by atoms with Crippen molar-refractivity contribution in [3.63, 3.8) is 0 Å². The SMILES string of the molecule is O=Cc1ccc(F)c2scc(O)c12. The Morgan fingerprint density at radius 2 is 2.23 bits per heavy atom. The number of rotatable bonds is 1. The molecule has 1 N–H and O–H groups in total. The van der Waals surface area contributed by atoms with Crippen molar-refractivity contribution in [2.45, 2.75) is 0 Å². The molecule has 0 saturated carbocycles. The normalized spacial score (nSPS) is 10.5. The molecule has 2 aromatic rings. The zero-order valence-electron chi connectivity index (χ0n) is 6.45. The number of aldehydes is 1. The molecule has 0 aliphatic carbocycles. The van der Waals surface area contributed by atoms with Gasteiger partial charge in [0.05, 0.1) is 4.70 Å². The highest BCUT2D eigenvalue weighted by molar-refractivity contribution is 7.17. The van der Waals surface area contributed by atoms with Gasteiger partial charge in [-0.25, -0.2) is 4.39 Å². The smallest absolute Gasteiger partial charge is 0.150 e. The molecule has 0 amide bonds. The summed E-state index contributed by atoms with van der Waals surface area (Å²) in [5.74, 6) is -0.451. The van der Waals surface area contributed by atoms with Crippen LogP contribution in [0.25, 0.3) is 10.1 Å². The second-order valence-electron chi connectivity index (χ2n) is 2.58. The predicted octanol–water partition coefficient (Wildman–Crippen LogP) is 2.56. The lowest BCUT2D eigenvalue weighted by Gasteiger charge is -1.96. The van der Waals surface area contributed by atoms with E-state index in [-0.39, 0.29) is 5.75 Å². The minimum Gasteiger partial charge on any atom is -0.506 e. The van der Waals surface area contributed by atoms with Crippen molar-refractivity contribution in [1.82, 2.24) is 0 Å². The van der Waals surface area contributed by atoms with Gasteiger partial charge in [0.15, 0.2) is 6.29 Å². The molecule has 0 spiro atoms. The maximum Gasteiger partial charge on any atom is 0.150 e. The summed E-state index contributed by atoms with van der Waals surface area (Å²) < 4.78 is 13.4. The van der Waals surface area contributed by atoms with Crippen molar-refractivity contribution in [3.05, 3.63) is 28.9 Å². The molecule has 0 bridgehead atoms. The zero-order valence-corrected chi connectivity index (χ0v) is 7.27. The van der Waals surface area contributed by atoms with Gasteiger partial charge in [0, 0.05) is 16.3 Å². The lowest BCUT2D eigenvalue weighted by atomic mass is 10.1. The van der Waals surface area contributed by atoms with E-state index in [4.69, 9.17) is 0 Å². The lowest BCUT2D eigenvalue weighted by Crippen LogP contribution is -1.82. The van der Waals surface area contributed by atoms with E-state index < -0.39 is 5.82 Å². The summed E-state index contributed by atoms with van der Waals surface area (Å²) in [5, 5.41) is 11.1. The highest BCUT2D eigenvalue weighted by Crippen LogP contribution is 2.34. The van der Waals surface area contributed by atoms with Crippen LogP contribution in [0.2, 0.25) is 0 Å². The number of hydrogen-bond donors (Lipinski definition) is 1. The van der Waals surface area contributed by atoms with Gasteiger partial charge in [-0.3, -0.25) is 4.79 Å². The first kappa shape index (κ1) is 8.19. The van der Waals surface area contributed by atoms with Crippen LogP contribution in [0.15, 0.2) is 17.5 Å². The van der Waals surface area contributed by atoms with Gasteiger partial charge >= 0.3 is 0 Å². The molecule has 0 saturated heterocycles. The van der Waals surface area contributed by atoms with Crippen LogP contribution in [0.1, 0.15) is 10.4 Å². The third-order valence-corrected chi connectivity index (χ3v) is 2.79. The monoisotopic (exact) mass is 196 g/mol. The van der Waals surface area contributed by atoms with E-state index in [9.17, 15) is 14.3 Å². The average molecular weight is 196 g/mol. The van der Waals surface area contributed by atoms with Crippen LogP contribution < -0.4 is 0 Å². The fourth-order valence-corrected chi connectivity index (χ4v) is 2.09. The summed E-state index contributed by atoms with van der Waals surface area (Å²) >= 11 is 1.09. The van der Waals surface area contributed by atoms with E-state index in [1.54, 1.807) is 0 Å². The lowest BCUT2D eigenvalue weighted by molar-refractivity contribution is 0.112. The van der Waals surface area contributed by atoms with E-state index in [2.05, 4.69) is 0 Å². The molecule has 1 aromatic heterocycles. The standard InChI is InChI=1S/C9H5FO2S/c10-6-2-1-5(3-11)8-7(12)4-13-9(6)8/h1-4,12H. The Balaban J connectivity index is 2.96. The minimum absolute atomic E-state index is 0.0402. The minimum atomic E-state index is -0.411. The molecule has 1 aromatic carbocycles. The van der Waals surface area contributed by atoms with Crippen LogP contribution in [0, 0.1) is 5.82 Å². The Morgan fingerprint density at radius 1 is 1.46 bits per heavy atom. The second-order valence-corrected chi connectivity index (χ2v) is 3.46. The van der Waals surface area contributed by atoms with Crippen molar-refractivity contribution in [3.8, 4) is 5.75 Å². The van der Waals surface area contributed by atoms with Gasteiger partial charge in [0.2, 0.25) is 0 Å². The molecule has 0 radical (unpaired) electrons. The van der Waals surface area contributed by atoms with Crippen LogP contribution in [-0.4, -0.2) is 11.4 Å². The molecule has 0 fully saturated rings. The van der Waals surface area contributed by atoms with Crippen LogP contribution in [-0.2, 0) is 0 Å². The van der Waals surface area contributed by atoms with Crippen molar-refractivity contribution in [1.29, 1.82) is 0 Å². The molecule has 2 nitrogen and oxygen atoms in total. The van der Waals surface area contributed by atoms with Gasteiger partial charge < -0.3 is 5.11 Å². The fourth-order valence-electron chi connectivity index (χ4n) is 1.22. The highest BCUT2D eigenvalue weighted by atomic mass is 32.1. The summed E-state index contributed by atoms with van der Waals surface area (Å²) in [7, 11) is 0. The second kappa shape index (κ2) is 2.81. The predicted molar refractivity (Wildman–Crippen MR) is 48.8 cm³/mol. The molecule has 13 heavy (non-hydrogen) atoms. The first-order chi connectivity index (χ1) is 6.24. The fraction of sp³-hybridized carbons (Fsp3) is 0. The number of hydrogen-bond acceptors (Lipinski definition) is 3. The molecule has 0 atom stereocenters. The molecule has 1 heterocycles. The molecule has 0 aliphatic heterocycles. The van der Waals surface area contributed by atoms with E-state index in [0.717, 1.165) is 11.3 Å². The van der Waals surface area contributed by atoms with Gasteiger partial charge in [0.1, 0.15) is 11.6 Å². The Kier molecular flexibility index (Phi) is 1.77. The summed E-state index contributed by atoms with van der Waals surface area (Å²) in [6.07, 6.45) is 0.605. The molecule has 66 valence electrons. The largest absolute Gasteiger partial charge is 0.506 e. The zero-order chi connectivity index (χ0) is 9.42. The topological polar surface area (TPSA) is 37.3 Å². The van der Waals surface area contributed by atoms with Crippen LogP contribution in [0.5, 0.6) is 5.75 Å². The van der Waals surface area contributed by atoms with Gasteiger partial charge in [-0.05, 0) is 12.1 Å². The first-order valence-electron chi connectivity index (χ1n) is 3.58. The van der Waals surface area contributed by atoms with Crippen molar-refractivity contribution < 1.29 is 14.3 Å². The maximum absolute atomic E-state index is 13.1. The number of halogens is 1. The average Bonchev–Trinajstić information content (AvgIpc) is 2.51. The number of thiophene rings is 1. The third-order valence-electron chi connectivity index (χ3n) is 1.81. The van der Waals surface area contributed by atoms with Gasteiger partial charge in [0.25, 0.3) is 0 Å². The number of carbonyl (C=O) groups is 1. The van der Waals surface area contributed by atoms with E-state index in [0.29, 0.717) is 21.9 Å². The van der Waals surface area contributed by atoms with Crippen molar-refractivity contribution in [2.75, 3.05) is 0 Å². The van der Waals surface area contributed by atoms with E-state index in [1.807, 2.05) is 0 Å². The number of aromatic hydroxyl groups is 1. The van der Waals surface area contributed by atoms with Crippen molar-refractivity contribution in [2.24, 2.45) is 0 Å². The highest BCUT2D eigenvalue weighted by Gasteiger charge is 2.11. The first-order valence-corrected chi connectivity index (χ1v) is 4.46. The Labute approximate surface area is 77.2 Å². The van der Waals surface area contributed by atoms with Crippen molar-refractivity contribution >= 4 is 27.7 Å². The quantitative estimate of drug-likeness (QED) is 0.711. The molecule has 0 aliphatic rings. The number of benzene rings is 1. The molecule has 0 unspecified atom stereocenters. The van der Waals surface area contributed by atoms with Gasteiger partial charge in [-0.1, -0.05) is 0 Å². The molecular formula is C9H5FO2S. The Bertz CT molecular complexity index is 476. The molecule has 2 rings (SSSR count). The summed E-state index contributed by atoms with van der Waals surface area (Å²) in [6, 6.07) is 2.58. The maximum atomic E-state index is 13.1. The molecule has 4 heteroatoms. The van der Waals surface area contributed by atoms with Crippen LogP contribution in [0.3, 0.4) is 0 Å². The van der Waals surface area contributed by atoms with Gasteiger partial charge in [-0.15, -0.1) is 11.3 Å². The Hall–Kier alpha value is -1.42. The number of carbonyl (C=O) groups excluding carboxylic acids is 1. The van der Waals surface area contributed by atoms with E-state index in [1.165, 1.54) is 17.5 Å².